The number of benzene rings is 1. The van der Waals surface area contributed by atoms with Crippen molar-refractivity contribution in [1.29, 1.82) is 0 Å². The lowest BCUT2D eigenvalue weighted by molar-refractivity contribution is 0.383. The second-order valence-electron chi connectivity index (χ2n) is 7.66. The summed E-state index contributed by atoms with van der Waals surface area (Å²) in [6, 6.07) is 1.07. The molecule has 2 heterocycles. The summed E-state index contributed by atoms with van der Waals surface area (Å²) in [5.74, 6) is 5.01. The van der Waals surface area contributed by atoms with Gasteiger partial charge in [-0.25, -0.2) is 9.18 Å². The van der Waals surface area contributed by atoms with Gasteiger partial charge in [-0.2, -0.15) is 4.68 Å². The van der Waals surface area contributed by atoms with Gasteiger partial charge in [0.1, 0.15) is 5.82 Å². The first kappa shape index (κ1) is 20.0. The van der Waals surface area contributed by atoms with E-state index in [1.165, 1.54) is 4.57 Å². The van der Waals surface area contributed by atoms with Gasteiger partial charge >= 0.3 is 5.69 Å². The monoisotopic (exact) mass is 417 g/mol. The van der Waals surface area contributed by atoms with Crippen molar-refractivity contribution in [3.05, 3.63) is 37.7 Å². The molecule has 1 saturated heterocycles. The molecule has 148 valence electrons. The summed E-state index contributed by atoms with van der Waals surface area (Å²) < 4.78 is 16.9. The van der Waals surface area contributed by atoms with E-state index in [1.807, 2.05) is 11.8 Å². The molecule has 0 amide bonds. The average Bonchev–Trinajstić information content (AvgIpc) is 3.37. The van der Waals surface area contributed by atoms with Crippen LogP contribution in [-0.4, -0.2) is 28.9 Å². The van der Waals surface area contributed by atoms with Crippen LogP contribution in [0.4, 0.5) is 10.1 Å². The Kier molecular flexibility index (Phi) is 4.95. The average molecular weight is 418 g/mol. The standard InChI is InChI=1S/C17H21ClFN5O2.ClH/c1-17(7-20)4-5-22(8-17)14-11(19)6-10-13(12(14)18)23(9-2-3-9)16(26)24(21)15(10)25;/h6,9H,2-5,7-8,20-21H2,1H3;1H. The number of rotatable bonds is 3. The minimum atomic E-state index is -0.748. The lowest BCUT2D eigenvalue weighted by atomic mass is 9.90. The maximum atomic E-state index is 14.9. The van der Waals surface area contributed by atoms with E-state index >= 15 is 0 Å². The van der Waals surface area contributed by atoms with Crippen LogP contribution in [0.3, 0.4) is 0 Å². The highest BCUT2D eigenvalue weighted by Crippen LogP contribution is 2.43. The molecule has 4 rings (SSSR count). The van der Waals surface area contributed by atoms with Crippen molar-refractivity contribution in [2.45, 2.75) is 32.2 Å². The number of aromatic nitrogens is 2. The Balaban J connectivity index is 0.00000210. The molecule has 1 atom stereocenters. The van der Waals surface area contributed by atoms with Gasteiger partial charge in [0, 0.05) is 19.1 Å². The number of halogens is 3. The molecule has 2 fully saturated rings. The van der Waals surface area contributed by atoms with Crippen LogP contribution in [0.15, 0.2) is 15.7 Å². The van der Waals surface area contributed by atoms with Gasteiger partial charge in [-0.3, -0.25) is 9.36 Å². The van der Waals surface area contributed by atoms with Gasteiger partial charge in [0.05, 0.1) is 21.6 Å². The molecule has 2 aromatic rings. The summed E-state index contributed by atoms with van der Waals surface area (Å²) in [6.45, 7) is 3.71. The van der Waals surface area contributed by atoms with Crippen molar-refractivity contribution < 1.29 is 4.39 Å². The maximum absolute atomic E-state index is 14.9. The molecule has 0 radical (unpaired) electrons. The van der Waals surface area contributed by atoms with Gasteiger partial charge in [0.2, 0.25) is 0 Å². The molecule has 1 aromatic heterocycles. The van der Waals surface area contributed by atoms with Gasteiger partial charge in [-0.1, -0.05) is 18.5 Å². The third kappa shape index (κ3) is 2.99. The highest BCUT2D eigenvalue weighted by atomic mass is 35.5. The van der Waals surface area contributed by atoms with E-state index < -0.39 is 17.1 Å². The Labute approximate surface area is 166 Å². The van der Waals surface area contributed by atoms with Crippen molar-refractivity contribution in [2.75, 3.05) is 30.4 Å². The van der Waals surface area contributed by atoms with Gasteiger partial charge in [-0.15, -0.1) is 12.4 Å². The molecule has 1 aliphatic carbocycles. The van der Waals surface area contributed by atoms with E-state index in [0.717, 1.165) is 25.3 Å². The molecule has 4 N–H and O–H groups in total. The minimum Gasteiger partial charge on any atom is -0.367 e. The van der Waals surface area contributed by atoms with Crippen LogP contribution in [0, 0.1) is 11.2 Å². The highest BCUT2D eigenvalue weighted by Gasteiger charge is 2.36. The predicted molar refractivity (Wildman–Crippen MR) is 107 cm³/mol. The van der Waals surface area contributed by atoms with Crippen LogP contribution < -0.4 is 27.7 Å². The summed E-state index contributed by atoms with van der Waals surface area (Å²) in [7, 11) is 0. The third-order valence-electron chi connectivity index (χ3n) is 5.55. The fraction of sp³-hybridized carbons (Fsp3) is 0.529. The Hall–Kier alpha value is -1.77. The summed E-state index contributed by atoms with van der Waals surface area (Å²) in [6.07, 6.45) is 2.41. The molecule has 1 saturated carbocycles. The minimum absolute atomic E-state index is 0. The zero-order valence-corrected chi connectivity index (χ0v) is 16.4. The van der Waals surface area contributed by atoms with E-state index in [9.17, 15) is 14.0 Å². The summed E-state index contributed by atoms with van der Waals surface area (Å²) >= 11 is 6.57. The van der Waals surface area contributed by atoms with Crippen LogP contribution in [0.5, 0.6) is 0 Å². The molecule has 1 aromatic carbocycles. The van der Waals surface area contributed by atoms with Crippen LogP contribution in [0.2, 0.25) is 5.02 Å². The molecular weight excluding hydrogens is 396 g/mol. The van der Waals surface area contributed by atoms with Gasteiger partial charge in [-0.05, 0) is 37.3 Å². The van der Waals surface area contributed by atoms with Crippen molar-refractivity contribution in [1.82, 2.24) is 9.24 Å². The first-order valence-electron chi connectivity index (χ1n) is 8.67. The molecule has 0 bridgehead atoms. The van der Waals surface area contributed by atoms with Crippen molar-refractivity contribution in [2.24, 2.45) is 11.1 Å². The molecule has 1 aliphatic heterocycles. The fourth-order valence-corrected chi connectivity index (χ4v) is 4.17. The zero-order chi connectivity index (χ0) is 18.8. The zero-order valence-electron chi connectivity index (χ0n) is 14.9. The number of nitrogen functional groups attached to an aromatic ring is 1. The molecule has 7 nitrogen and oxygen atoms in total. The van der Waals surface area contributed by atoms with Gasteiger partial charge in [0.25, 0.3) is 5.56 Å². The van der Waals surface area contributed by atoms with Crippen molar-refractivity contribution in [3.63, 3.8) is 0 Å². The lowest BCUT2D eigenvalue weighted by Gasteiger charge is -2.26. The van der Waals surface area contributed by atoms with Crippen LogP contribution in [0.1, 0.15) is 32.2 Å². The SMILES string of the molecule is CC1(CN)CCN(c2c(F)cc3c(=O)n(N)c(=O)n(C4CC4)c3c2Cl)C1.Cl. The topological polar surface area (TPSA) is 99.3 Å². The largest absolute Gasteiger partial charge is 0.367 e. The molecule has 1 unspecified atom stereocenters. The third-order valence-corrected chi connectivity index (χ3v) is 5.91. The summed E-state index contributed by atoms with van der Waals surface area (Å²) in [5, 5.41) is 0.106. The smallest absolute Gasteiger partial charge is 0.350 e. The number of hydrogen-bond donors (Lipinski definition) is 2. The van der Waals surface area contributed by atoms with E-state index in [-0.39, 0.29) is 45.5 Å². The van der Waals surface area contributed by atoms with Crippen LogP contribution in [-0.2, 0) is 0 Å². The summed E-state index contributed by atoms with van der Waals surface area (Å²) in [5.41, 5.74) is 4.84. The number of nitrogens with two attached hydrogens (primary N) is 2. The van der Waals surface area contributed by atoms with Gasteiger partial charge in [0.15, 0.2) is 0 Å². The Morgan fingerprint density at radius 2 is 2.04 bits per heavy atom. The normalized spacial score (nSPS) is 22.3. The number of nitrogens with zero attached hydrogens (tertiary/aromatic N) is 3. The van der Waals surface area contributed by atoms with Gasteiger partial charge < -0.3 is 16.5 Å². The second kappa shape index (κ2) is 6.68. The Bertz CT molecular complexity index is 1030. The molecule has 0 spiro atoms. The van der Waals surface area contributed by atoms with Crippen LogP contribution in [0.25, 0.3) is 10.9 Å². The van der Waals surface area contributed by atoms with Crippen molar-refractivity contribution >= 4 is 40.6 Å². The number of anilines is 1. The predicted octanol–water partition coefficient (Wildman–Crippen LogP) is 1.60. The number of hydrogen-bond acceptors (Lipinski definition) is 5. The molecule has 2 aliphatic rings. The highest BCUT2D eigenvalue weighted by molar-refractivity contribution is 6.38. The first-order valence-corrected chi connectivity index (χ1v) is 9.04. The quantitative estimate of drug-likeness (QED) is 0.738. The van der Waals surface area contributed by atoms with Crippen molar-refractivity contribution in [3.8, 4) is 0 Å². The van der Waals surface area contributed by atoms with E-state index in [2.05, 4.69) is 0 Å². The van der Waals surface area contributed by atoms with E-state index in [1.54, 1.807) is 0 Å². The second-order valence-corrected chi connectivity index (χ2v) is 8.04. The van der Waals surface area contributed by atoms with E-state index in [0.29, 0.717) is 24.3 Å². The first-order chi connectivity index (χ1) is 12.3. The fourth-order valence-electron chi connectivity index (χ4n) is 3.77. The Morgan fingerprint density at radius 1 is 1.37 bits per heavy atom. The molecular formula is C17H22Cl2FN5O2. The molecule has 10 heteroatoms. The maximum Gasteiger partial charge on any atom is 0.350 e. The lowest BCUT2D eigenvalue weighted by Crippen LogP contribution is -2.44. The Morgan fingerprint density at radius 3 is 2.59 bits per heavy atom. The van der Waals surface area contributed by atoms with E-state index in [4.69, 9.17) is 23.2 Å². The number of fused-ring (bicyclic) bond motifs is 1. The van der Waals surface area contributed by atoms with Crippen LogP contribution >= 0.6 is 24.0 Å². The summed E-state index contributed by atoms with van der Waals surface area (Å²) in [4.78, 5) is 26.8. The molecule has 27 heavy (non-hydrogen) atoms.